The molecule has 0 aromatic heterocycles. The number of esters is 1. The highest BCUT2D eigenvalue weighted by atomic mass is 16.7. The van der Waals surface area contributed by atoms with E-state index in [9.17, 15) is 9.59 Å². The number of hydrogen-bond donors (Lipinski definition) is 1. The predicted octanol–water partition coefficient (Wildman–Crippen LogP) is 3.41. The number of rotatable bonds is 6. The number of ether oxygens (including phenoxy) is 4. The molecule has 0 fully saturated rings. The zero-order valence-corrected chi connectivity index (χ0v) is 16.5. The van der Waals surface area contributed by atoms with Crippen LogP contribution in [-0.2, 0) is 0 Å². The molecule has 4 rings (SSSR count). The van der Waals surface area contributed by atoms with E-state index in [1.807, 2.05) is 0 Å². The average Bonchev–Trinajstić information content (AvgIpc) is 3.28. The molecule has 1 amide bonds. The third-order valence-electron chi connectivity index (χ3n) is 4.43. The van der Waals surface area contributed by atoms with Crippen molar-refractivity contribution >= 4 is 18.1 Å². The van der Waals surface area contributed by atoms with Gasteiger partial charge in [-0.1, -0.05) is 0 Å². The van der Waals surface area contributed by atoms with Crippen molar-refractivity contribution in [2.75, 3.05) is 13.9 Å². The zero-order chi connectivity index (χ0) is 21.6. The minimum atomic E-state index is -0.472. The lowest BCUT2D eigenvalue weighted by molar-refractivity contribution is 0.0734. The number of benzene rings is 3. The summed E-state index contributed by atoms with van der Waals surface area (Å²) in [4.78, 5) is 24.4. The minimum Gasteiger partial charge on any atom is -0.497 e. The summed E-state index contributed by atoms with van der Waals surface area (Å²) in [5, 5.41) is 3.95. The van der Waals surface area contributed by atoms with Crippen LogP contribution in [0.1, 0.15) is 26.3 Å². The largest absolute Gasteiger partial charge is 0.497 e. The van der Waals surface area contributed by atoms with Crippen LogP contribution in [0.15, 0.2) is 71.8 Å². The smallest absolute Gasteiger partial charge is 0.343 e. The highest BCUT2D eigenvalue weighted by Crippen LogP contribution is 2.32. The number of amides is 1. The molecule has 156 valence electrons. The molecule has 3 aromatic carbocycles. The van der Waals surface area contributed by atoms with Gasteiger partial charge in [0.05, 0.1) is 18.9 Å². The molecular weight excluding hydrogens is 400 g/mol. The Balaban J connectivity index is 1.32. The normalized spacial score (nSPS) is 11.9. The van der Waals surface area contributed by atoms with Gasteiger partial charge in [-0.05, 0) is 72.3 Å². The van der Waals surface area contributed by atoms with Gasteiger partial charge in [0, 0.05) is 5.56 Å². The first-order valence-electron chi connectivity index (χ1n) is 9.32. The van der Waals surface area contributed by atoms with Crippen molar-refractivity contribution in [3.8, 4) is 23.0 Å². The molecule has 31 heavy (non-hydrogen) atoms. The van der Waals surface area contributed by atoms with Gasteiger partial charge in [-0.25, -0.2) is 10.2 Å². The second kappa shape index (κ2) is 9.00. The van der Waals surface area contributed by atoms with Crippen LogP contribution in [0.2, 0.25) is 0 Å². The molecule has 8 heteroatoms. The van der Waals surface area contributed by atoms with Gasteiger partial charge in [-0.3, -0.25) is 4.79 Å². The summed E-state index contributed by atoms with van der Waals surface area (Å²) in [6, 6.07) is 18.2. The van der Waals surface area contributed by atoms with E-state index in [4.69, 9.17) is 18.9 Å². The molecule has 0 aliphatic carbocycles. The topological polar surface area (TPSA) is 95.5 Å². The lowest BCUT2D eigenvalue weighted by Gasteiger charge is -2.05. The maximum Gasteiger partial charge on any atom is 0.343 e. The molecule has 0 atom stereocenters. The van der Waals surface area contributed by atoms with Gasteiger partial charge in [0.15, 0.2) is 11.5 Å². The quantitative estimate of drug-likeness (QED) is 0.285. The second-order valence-electron chi connectivity index (χ2n) is 6.45. The van der Waals surface area contributed by atoms with Gasteiger partial charge < -0.3 is 18.9 Å². The number of carbonyl (C=O) groups excluding carboxylic acids is 2. The summed E-state index contributed by atoms with van der Waals surface area (Å²) < 4.78 is 20.9. The van der Waals surface area contributed by atoms with Gasteiger partial charge in [0.2, 0.25) is 6.79 Å². The van der Waals surface area contributed by atoms with Gasteiger partial charge in [-0.2, -0.15) is 5.10 Å². The van der Waals surface area contributed by atoms with E-state index < -0.39 is 5.97 Å². The average molecular weight is 418 g/mol. The van der Waals surface area contributed by atoms with Gasteiger partial charge in [0.25, 0.3) is 5.91 Å². The van der Waals surface area contributed by atoms with Crippen LogP contribution < -0.4 is 24.4 Å². The lowest BCUT2D eigenvalue weighted by Crippen LogP contribution is -2.17. The Morgan fingerprint density at radius 3 is 2.32 bits per heavy atom. The Labute approximate surface area is 178 Å². The zero-order valence-electron chi connectivity index (χ0n) is 16.5. The summed E-state index contributed by atoms with van der Waals surface area (Å²) >= 11 is 0. The van der Waals surface area contributed by atoms with Gasteiger partial charge in [0.1, 0.15) is 11.5 Å². The number of nitrogens with zero attached hydrogens (tertiary/aromatic N) is 1. The molecule has 1 aliphatic heterocycles. The van der Waals surface area contributed by atoms with Crippen molar-refractivity contribution in [2.24, 2.45) is 5.10 Å². The van der Waals surface area contributed by atoms with E-state index in [1.54, 1.807) is 73.8 Å². The fourth-order valence-corrected chi connectivity index (χ4v) is 2.78. The van der Waals surface area contributed by atoms with Crippen molar-refractivity contribution in [1.82, 2.24) is 5.43 Å². The van der Waals surface area contributed by atoms with Crippen LogP contribution in [0.5, 0.6) is 23.0 Å². The minimum absolute atomic E-state index is 0.143. The maximum absolute atomic E-state index is 12.2. The third-order valence-corrected chi connectivity index (χ3v) is 4.43. The number of methoxy groups -OCH3 is 1. The molecule has 0 bridgehead atoms. The third kappa shape index (κ3) is 4.81. The van der Waals surface area contributed by atoms with Crippen molar-refractivity contribution in [2.45, 2.75) is 0 Å². The highest BCUT2D eigenvalue weighted by molar-refractivity contribution is 5.95. The lowest BCUT2D eigenvalue weighted by atomic mass is 10.2. The first kappa shape index (κ1) is 20.0. The van der Waals surface area contributed by atoms with E-state index in [-0.39, 0.29) is 12.7 Å². The summed E-state index contributed by atoms with van der Waals surface area (Å²) in [7, 11) is 1.56. The van der Waals surface area contributed by atoms with Crippen molar-refractivity contribution in [1.29, 1.82) is 0 Å². The monoisotopic (exact) mass is 418 g/mol. The molecule has 8 nitrogen and oxygen atoms in total. The van der Waals surface area contributed by atoms with Crippen LogP contribution in [0.25, 0.3) is 0 Å². The van der Waals surface area contributed by atoms with E-state index in [2.05, 4.69) is 10.5 Å². The number of nitrogens with one attached hydrogen (secondary N) is 1. The first-order valence-corrected chi connectivity index (χ1v) is 9.32. The molecular formula is C23H18N2O6. The van der Waals surface area contributed by atoms with Crippen LogP contribution in [0.3, 0.4) is 0 Å². The summed E-state index contributed by atoms with van der Waals surface area (Å²) in [6.07, 6.45) is 1.49. The summed E-state index contributed by atoms with van der Waals surface area (Å²) in [5.41, 5.74) is 3.99. The standard InChI is InChI=1S/C23H18N2O6/c1-28-18-9-4-16(5-10-18)23(27)31-19-7-2-15(3-8-19)13-24-25-22(26)17-6-11-20-21(12-17)30-14-29-20/h2-13H,14H2,1H3,(H,25,26)/b24-13-. The Bertz CT molecular complexity index is 1120. The molecule has 0 unspecified atom stereocenters. The van der Waals surface area contributed by atoms with E-state index in [0.29, 0.717) is 34.1 Å². The van der Waals surface area contributed by atoms with Crippen LogP contribution in [0, 0.1) is 0 Å². The van der Waals surface area contributed by atoms with E-state index in [0.717, 1.165) is 5.56 Å². The first-order chi connectivity index (χ1) is 15.1. The molecule has 0 saturated carbocycles. The fraction of sp³-hybridized carbons (Fsp3) is 0.0870. The molecule has 0 spiro atoms. The second-order valence-corrected chi connectivity index (χ2v) is 6.45. The molecule has 0 saturated heterocycles. The number of carbonyl (C=O) groups is 2. The van der Waals surface area contributed by atoms with Crippen LogP contribution >= 0.6 is 0 Å². The van der Waals surface area contributed by atoms with Gasteiger partial charge in [-0.15, -0.1) is 0 Å². The highest BCUT2D eigenvalue weighted by Gasteiger charge is 2.15. The van der Waals surface area contributed by atoms with Crippen molar-refractivity contribution in [3.63, 3.8) is 0 Å². The van der Waals surface area contributed by atoms with Crippen molar-refractivity contribution < 1.29 is 28.5 Å². The van der Waals surface area contributed by atoms with Crippen LogP contribution in [-0.4, -0.2) is 32.0 Å². The molecule has 3 aromatic rings. The van der Waals surface area contributed by atoms with Crippen molar-refractivity contribution in [3.05, 3.63) is 83.4 Å². The fourth-order valence-electron chi connectivity index (χ4n) is 2.78. The molecule has 1 N–H and O–H groups in total. The Morgan fingerprint density at radius 1 is 0.903 bits per heavy atom. The Morgan fingerprint density at radius 2 is 1.58 bits per heavy atom. The molecule has 1 aliphatic rings. The Kier molecular flexibility index (Phi) is 5.79. The number of fused-ring (bicyclic) bond motifs is 1. The summed E-state index contributed by atoms with van der Waals surface area (Å²) in [5.74, 6) is 1.33. The number of hydrogen-bond acceptors (Lipinski definition) is 7. The summed E-state index contributed by atoms with van der Waals surface area (Å²) in [6.45, 7) is 0.143. The maximum atomic E-state index is 12.2. The van der Waals surface area contributed by atoms with Gasteiger partial charge >= 0.3 is 5.97 Å². The molecule has 0 radical (unpaired) electrons. The van der Waals surface area contributed by atoms with Crippen LogP contribution in [0.4, 0.5) is 0 Å². The molecule has 1 heterocycles. The number of hydrazone groups is 1. The van der Waals surface area contributed by atoms with E-state index in [1.165, 1.54) is 6.21 Å². The predicted molar refractivity (Wildman–Crippen MR) is 112 cm³/mol. The van der Waals surface area contributed by atoms with E-state index >= 15 is 0 Å². The SMILES string of the molecule is COc1ccc(C(=O)Oc2ccc(/C=N\NC(=O)c3ccc4c(c3)OCO4)cc2)cc1. The Hall–Kier alpha value is -4.33.